The highest BCUT2D eigenvalue weighted by atomic mass is 32.2. The Kier molecular flexibility index (Phi) is 7.55. The molecule has 0 aliphatic carbocycles. The lowest BCUT2D eigenvalue weighted by atomic mass is 10.1. The molecule has 3 aromatic rings. The molecule has 29 heavy (non-hydrogen) atoms. The van der Waals surface area contributed by atoms with Crippen molar-refractivity contribution in [1.29, 1.82) is 0 Å². The molecule has 0 unspecified atom stereocenters. The molecule has 0 saturated carbocycles. The van der Waals surface area contributed by atoms with E-state index in [0.717, 1.165) is 15.5 Å². The number of hydrogen-bond acceptors (Lipinski definition) is 6. The molecule has 0 saturated heterocycles. The number of thiophene rings is 1. The molecule has 3 rings (SSSR count). The molecule has 5 nitrogen and oxygen atoms in total. The summed E-state index contributed by atoms with van der Waals surface area (Å²) in [6.45, 7) is 3.56. The van der Waals surface area contributed by atoms with Gasteiger partial charge < -0.3 is 14.4 Å². The van der Waals surface area contributed by atoms with Gasteiger partial charge in [0.25, 0.3) is 5.91 Å². The molecule has 7 heteroatoms. The largest absolute Gasteiger partial charge is 0.493 e. The fourth-order valence-electron chi connectivity index (χ4n) is 2.91. The van der Waals surface area contributed by atoms with E-state index >= 15 is 0 Å². The molecule has 1 aromatic carbocycles. The number of carbonyl (C=O) groups is 1. The number of nitrogens with zero attached hydrogens (tertiary/aromatic N) is 2. The molecule has 0 spiro atoms. The SMILES string of the molecule is CCN(Cc1ccc(OCc2cccs2)c(OC)c1)C(=O)c1cccnc1SC. The summed E-state index contributed by atoms with van der Waals surface area (Å²) in [5, 5.41) is 2.77. The minimum absolute atomic E-state index is 0.0260. The van der Waals surface area contributed by atoms with E-state index in [1.54, 1.807) is 35.6 Å². The van der Waals surface area contributed by atoms with Crippen molar-refractivity contribution in [3.8, 4) is 11.5 Å². The quantitative estimate of drug-likeness (QED) is 0.443. The highest BCUT2D eigenvalue weighted by molar-refractivity contribution is 7.98. The van der Waals surface area contributed by atoms with E-state index in [0.29, 0.717) is 36.8 Å². The highest BCUT2D eigenvalue weighted by Gasteiger charge is 2.19. The van der Waals surface area contributed by atoms with Crippen LogP contribution in [0.5, 0.6) is 11.5 Å². The number of ether oxygens (including phenoxy) is 2. The molecule has 0 N–H and O–H groups in total. The summed E-state index contributed by atoms with van der Waals surface area (Å²) < 4.78 is 11.4. The summed E-state index contributed by atoms with van der Waals surface area (Å²) in [6.07, 6.45) is 3.63. The third kappa shape index (κ3) is 5.31. The van der Waals surface area contributed by atoms with Crippen molar-refractivity contribution in [2.24, 2.45) is 0 Å². The zero-order valence-corrected chi connectivity index (χ0v) is 18.4. The van der Waals surface area contributed by atoms with Crippen LogP contribution in [0.4, 0.5) is 0 Å². The number of amides is 1. The topological polar surface area (TPSA) is 51.7 Å². The van der Waals surface area contributed by atoms with Gasteiger partial charge in [0.1, 0.15) is 11.6 Å². The zero-order valence-electron chi connectivity index (χ0n) is 16.8. The Balaban J connectivity index is 1.74. The molecular formula is C22H24N2O3S2. The van der Waals surface area contributed by atoms with Crippen molar-refractivity contribution >= 4 is 29.0 Å². The lowest BCUT2D eigenvalue weighted by Gasteiger charge is -2.22. The van der Waals surface area contributed by atoms with Gasteiger partial charge in [-0.25, -0.2) is 4.98 Å². The molecule has 0 aliphatic rings. The second-order valence-electron chi connectivity index (χ2n) is 6.23. The highest BCUT2D eigenvalue weighted by Crippen LogP contribution is 2.30. The van der Waals surface area contributed by atoms with E-state index < -0.39 is 0 Å². The van der Waals surface area contributed by atoms with Crippen molar-refractivity contribution in [3.05, 3.63) is 70.0 Å². The molecule has 0 aliphatic heterocycles. The maximum Gasteiger partial charge on any atom is 0.256 e. The number of carbonyl (C=O) groups excluding carboxylic acids is 1. The molecule has 1 amide bonds. The van der Waals surface area contributed by atoms with Crippen molar-refractivity contribution in [3.63, 3.8) is 0 Å². The van der Waals surface area contributed by atoms with E-state index in [9.17, 15) is 4.79 Å². The molecule has 0 bridgehead atoms. The summed E-state index contributed by atoms with van der Waals surface area (Å²) in [5.74, 6) is 1.33. The van der Waals surface area contributed by atoms with Gasteiger partial charge in [-0.15, -0.1) is 23.1 Å². The summed E-state index contributed by atoms with van der Waals surface area (Å²) in [4.78, 5) is 20.3. The van der Waals surface area contributed by atoms with Crippen molar-refractivity contribution in [2.75, 3.05) is 19.9 Å². The third-order valence-corrected chi connectivity index (χ3v) is 5.98. The molecular weight excluding hydrogens is 404 g/mol. The molecule has 0 atom stereocenters. The Morgan fingerprint density at radius 3 is 2.76 bits per heavy atom. The number of aromatic nitrogens is 1. The lowest BCUT2D eigenvalue weighted by molar-refractivity contribution is 0.0748. The molecule has 2 aromatic heterocycles. The van der Waals surface area contributed by atoms with Gasteiger partial charge in [0.05, 0.1) is 12.7 Å². The third-order valence-electron chi connectivity index (χ3n) is 4.42. The molecule has 2 heterocycles. The first-order valence-electron chi connectivity index (χ1n) is 9.26. The van der Waals surface area contributed by atoms with Crippen LogP contribution in [0.1, 0.15) is 27.7 Å². The lowest BCUT2D eigenvalue weighted by Crippen LogP contribution is -2.30. The van der Waals surface area contributed by atoms with E-state index in [-0.39, 0.29) is 5.91 Å². The summed E-state index contributed by atoms with van der Waals surface area (Å²) in [7, 11) is 1.63. The number of pyridine rings is 1. The van der Waals surface area contributed by atoms with Gasteiger partial charge in [0, 0.05) is 24.2 Å². The molecule has 0 radical (unpaired) electrons. The van der Waals surface area contributed by atoms with Gasteiger partial charge in [-0.1, -0.05) is 12.1 Å². The normalized spacial score (nSPS) is 10.6. The van der Waals surface area contributed by atoms with Crippen LogP contribution in [0.15, 0.2) is 59.1 Å². The zero-order chi connectivity index (χ0) is 20.6. The number of thioether (sulfide) groups is 1. The van der Waals surface area contributed by atoms with Crippen LogP contribution in [0.2, 0.25) is 0 Å². The van der Waals surface area contributed by atoms with Crippen LogP contribution in [0.3, 0.4) is 0 Å². The van der Waals surface area contributed by atoms with Crippen molar-refractivity contribution in [1.82, 2.24) is 9.88 Å². The summed E-state index contributed by atoms with van der Waals surface area (Å²) in [6, 6.07) is 13.5. The van der Waals surface area contributed by atoms with Crippen LogP contribution in [0, 0.1) is 0 Å². The van der Waals surface area contributed by atoms with E-state index in [4.69, 9.17) is 9.47 Å². The maximum atomic E-state index is 13.0. The average Bonchev–Trinajstić information content (AvgIpc) is 3.29. The van der Waals surface area contributed by atoms with Crippen LogP contribution in [0.25, 0.3) is 0 Å². The summed E-state index contributed by atoms with van der Waals surface area (Å²) >= 11 is 3.13. The van der Waals surface area contributed by atoms with Crippen molar-refractivity contribution in [2.45, 2.75) is 25.1 Å². The fourth-order valence-corrected chi connectivity index (χ4v) is 4.06. The van der Waals surface area contributed by atoms with Gasteiger partial charge in [0.15, 0.2) is 11.5 Å². The fraction of sp³-hybridized carbons (Fsp3) is 0.273. The Morgan fingerprint density at radius 1 is 1.21 bits per heavy atom. The van der Waals surface area contributed by atoms with E-state index in [1.165, 1.54) is 11.8 Å². The monoisotopic (exact) mass is 428 g/mol. The van der Waals surface area contributed by atoms with Gasteiger partial charge >= 0.3 is 0 Å². The predicted molar refractivity (Wildman–Crippen MR) is 118 cm³/mol. The van der Waals surface area contributed by atoms with Gasteiger partial charge in [-0.05, 0) is 54.5 Å². The standard InChI is InChI=1S/C22H24N2O3S2/c1-4-24(22(25)18-8-5-11-23-21(18)28-3)14-16-9-10-19(20(13-16)26-2)27-15-17-7-6-12-29-17/h5-13H,4,14-15H2,1-3H3. The average molecular weight is 429 g/mol. The van der Waals surface area contributed by atoms with E-state index in [1.807, 2.05) is 55.0 Å². The van der Waals surface area contributed by atoms with Crippen molar-refractivity contribution < 1.29 is 14.3 Å². The first-order valence-corrected chi connectivity index (χ1v) is 11.4. The summed E-state index contributed by atoms with van der Waals surface area (Å²) in [5.41, 5.74) is 1.61. The second-order valence-corrected chi connectivity index (χ2v) is 8.06. The Bertz CT molecular complexity index is 945. The maximum absolute atomic E-state index is 13.0. The number of rotatable bonds is 9. The Labute approximate surface area is 179 Å². The van der Waals surface area contributed by atoms with Crippen LogP contribution < -0.4 is 9.47 Å². The predicted octanol–water partition coefficient (Wildman–Crippen LogP) is 5.11. The van der Waals surface area contributed by atoms with Crippen LogP contribution in [-0.2, 0) is 13.2 Å². The minimum atomic E-state index is -0.0260. The van der Waals surface area contributed by atoms with Crippen LogP contribution in [-0.4, -0.2) is 35.7 Å². The first kappa shape index (κ1) is 21.2. The molecule has 0 fully saturated rings. The van der Waals surface area contributed by atoms with Gasteiger partial charge in [-0.2, -0.15) is 0 Å². The minimum Gasteiger partial charge on any atom is -0.493 e. The smallest absolute Gasteiger partial charge is 0.256 e. The first-order chi connectivity index (χ1) is 14.2. The number of benzene rings is 1. The number of hydrogen-bond donors (Lipinski definition) is 0. The second kappa shape index (κ2) is 10.3. The Hall–Kier alpha value is -2.51. The van der Waals surface area contributed by atoms with Gasteiger partial charge in [-0.3, -0.25) is 4.79 Å². The Morgan fingerprint density at radius 2 is 2.07 bits per heavy atom. The van der Waals surface area contributed by atoms with E-state index in [2.05, 4.69) is 4.98 Å². The van der Waals surface area contributed by atoms with Crippen LogP contribution >= 0.6 is 23.1 Å². The van der Waals surface area contributed by atoms with Gasteiger partial charge in [0.2, 0.25) is 0 Å². The number of methoxy groups -OCH3 is 1. The molecule has 152 valence electrons.